The van der Waals surface area contributed by atoms with Crippen molar-refractivity contribution < 1.29 is 29.7 Å². The summed E-state index contributed by atoms with van der Waals surface area (Å²) in [6.45, 7) is 25.6. The van der Waals surface area contributed by atoms with E-state index in [9.17, 15) is 44.1 Å². The summed E-state index contributed by atoms with van der Waals surface area (Å²) in [5.74, 6) is -4.65. The number of phenols is 3. The summed E-state index contributed by atoms with van der Waals surface area (Å²) in [5.41, 5.74) is -5.04. The highest BCUT2D eigenvalue weighted by Gasteiger charge is 2.35. The summed E-state index contributed by atoms with van der Waals surface area (Å²) in [6, 6.07) is 4.64. The number of nitrogens with zero attached hydrogens (tertiary/aromatic N) is 3. The van der Waals surface area contributed by atoms with Crippen LogP contribution in [0.1, 0.15) is 143 Å². The van der Waals surface area contributed by atoms with E-state index >= 15 is 0 Å². The van der Waals surface area contributed by atoms with E-state index in [0.717, 1.165) is 0 Å². The van der Waals surface area contributed by atoms with Crippen molar-refractivity contribution in [3.63, 3.8) is 0 Å². The van der Waals surface area contributed by atoms with Crippen LogP contribution >= 0.6 is 0 Å². The van der Waals surface area contributed by atoms with Crippen LogP contribution in [-0.4, -0.2) is 46.7 Å². The molecule has 0 bridgehead atoms. The molecule has 54 heavy (non-hydrogen) atoms. The molecule has 0 amide bonds. The largest absolute Gasteiger partial charge is 0.507 e. The lowest BCUT2D eigenvalue weighted by molar-refractivity contribution is 0.0896. The van der Waals surface area contributed by atoms with Crippen LogP contribution < -0.4 is 17.1 Å². The molecule has 12 heteroatoms. The molecule has 0 aliphatic rings. The van der Waals surface area contributed by atoms with Crippen LogP contribution in [-0.2, 0) is 16.2 Å². The second-order valence-corrected chi connectivity index (χ2v) is 17.3. The summed E-state index contributed by atoms with van der Waals surface area (Å²) >= 11 is 0. The van der Waals surface area contributed by atoms with Crippen LogP contribution in [0.15, 0.2) is 32.6 Å². The maximum atomic E-state index is 14.5. The number of rotatable bonds is 3. The van der Waals surface area contributed by atoms with E-state index in [-0.39, 0.29) is 81.0 Å². The highest BCUT2D eigenvalue weighted by molar-refractivity contribution is 6.03. The van der Waals surface area contributed by atoms with Gasteiger partial charge in [0.1, 0.15) is 17.2 Å². The molecule has 0 saturated carbocycles. The Morgan fingerprint density at radius 2 is 0.611 bits per heavy atom. The molecule has 3 N–H and O–H groups in total. The number of hydrogen-bond donors (Lipinski definition) is 3. The zero-order valence-electron chi connectivity index (χ0n) is 33.9. The highest BCUT2D eigenvalue weighted by Crippen LogP contribution is 2.39. The molecule has 4 aromatic rings. The van der Waals surface area contributed by atoms with E-state index in [1.807, 2.05) is 62.3 Å². The summed E-state index contributed by atoms with van der Waals surface area (Å²) in [7, 11) is 0. The number of aromatic hydroxyl groups is 3. The Morgan fingerprint density at radius 1 is 0.426 bits per heavy atom. The SMILES string of the molecule is Cc1cc(C(C)(C)C)c(O)c(C)c1C(=O)n1c(=O)n(C(=O)c2c(C)cc(C(C)(C)C)c(O)c2C)c(=O)n(C(=O)c2c(C)cc(C(C)(C)C)c(O)c2C)c1=O. The molecule has 288 valence electrons. The van der Waals surface area contributed by atoms with Gasteiger partial charge in [-0.2, -0.15) is 13.7 Å². The van der Waals surface area contributed by atoms with Gasteiger partial charge in [0.2, 0.25) is 0 Å². The molecule has 12 nitrogen and oxygen atoms in total. The number of benzene rings is 3. The lowest BCUT2D eigenvalue weighted by Gasteiger charge is -2.25. The van der Waals surface area contributed by atoms with Crippen LogP contribution in [0, 0.1) is 41.5 Å². The molecule has 1 heterocycles. The van der Waals surface area contributed by atoms with Gasteiger partial charge in [-0.05, 0) is 91.2 Å². The first-order chi connectivity index (χ1) is 24.5. The summed E-state index contributed by atoms with van der Waals surface area (Å²) in [5, 5.41) is 33.6. The van der Waals surface area contributed by atoms with E-state index in [2.05, 4.69) is 0 Å². The standard InChI is InChI=1S/C42H51N3O9/c1-19-16-25(40(7,8)9)31(46)22(4)28(19)34(49)43-37(52)44(35(50)29-20(2)17-26(41(10,11)12)32(47)23(29)5)39(54)45(38(43)53)36(51)30-21(3)18-27(42(13,14)15)33(48)24(30)6/h16-18,46-48H,1-15H3. The van der Waals surface area contributed by atoms with Gasteiger partial charge in [0.15, 0.2) is 0 Å². The molecular weight excluding hydrogens is 690 g/mol. The van der Waals surface area contributed by atoms with Crippen LogP contribution in [0.2, 0.25) is 0 Å². The Hall–Kier alpha value is -5.52. The van der Waals surface area contributed by atoms with Crippen LogP contribution in [0.3, 0.4) is 0 Å². The summed E-state index contributed by atoms with van der Waals surface area (Å²) < 4.78 is 0.0977. The van der Waals surface area contributed by atoms with Crippen LogP contribution in [0.4, 0.5) is 0 Å². The van der Waals surface area contributed by atoms with Crippen molar-refractivity contribution in [1.29, 1.82) is 0 Å². The number of phenolic OH excluding ortho intramolecular Hbond substituents is 3. The fraction of sp³-hybridized carbons (Fsp3) is 0.429. The Kier molecular flexibility index (Phi) is 10.2. The molecule has 1 aromatic heterocycles. The van der Waals surface area contributed by atoms with Gasteiger partial charge in [-0.3, -0.25) is 14.4 Å². The molecule has 0 aliphatic heterocycles. The topological polar surface area (TPSA) is 178 Å². The van der Waals surface area contributed by atoms with Crippen molar-refractivity contribution in [2.75, 3.05) is 0 Å². The Morgan fingerprint density at radius 3 is 0.778 bits per heavy atom. The third-order valence-electron chi connectivity index (χ3n) is 10.0. The zero-order valence-corrected chi connectivity index (χ0v) is 33.9. The van der Waals surface area contributed by atoms with Crippen molar-refractivity contribution in [1.82, 2.24) is 13.7 Å². The molecular formula is C42H51N3O9. The van der Waals surface area contributed by atoms with Crippen molar-refractivity contribution in [2.45, 2.75) is 120 Å². The van der Waals surface area contributed by atoms with Gasteiger partial charge in [0.05, 0.1) is 16.7 Å². The van der Waals surface area contributed by atoms with Crippen molar-refractivity contribution in [3.05, 3.63) is 116 Å². The Balaban J connectivity index is 2.20. The smallest absolute Gasteiger partial charge is 0.350 e. The van der Waals surface area contributed by atoms with E-state index in [0.29, 0.717) is 16.7 Å². The molecule has 0 saturated heterocycles. The maximum absolute atomic E-state index is 14.5. The third kappa shape index (κ3) is 6.62. The molecule has 4 rings (SSSR count). The summed E-state index contributed by atoms with van der Waals surface area (Å²) in [4.78, 5) is 86.5. The first kappa shape index (κ1) is 41.2. The molecule has 0 atom stereocenters. The predicted molar refractivity (Wildman–Crippen MR) is 207 cm³/mol. The highest BCUT2D eigenvalue weighted by atomic mass is 16.3. The molecule has 0 aliphatic carbocycles. The van der Waals surface area contributed by atoms with Crippen LogP contribution in [0.5, 0.6) is 17.2 Å². The van der Waals surface area contributed by atoms with E-state index in [1.54, 1.807) is 39.0 Å². The molecule has 0 unspecified atom stereocenters. The third-order valence-corrected chi connectivity index (χ3v) is 10.0. The van der Waals surface area contributed by atoms with Crippen molar-refractivity contribution >= 4 is 17.7 Å². The fourth-order valence-corrected chi connectivity index (χ4v) is 7.02. The normalized spacial score (nSPS) is 12.3. The minimum Gasteiger partial charge on any atom is -0.507 e. The van der Waals surface area contributed by atoms with Gasteiger partial charge < -0.3 is 15.3 Å². The average Bonchev–Trinajstić information content (AvgIpc) is 3.01. The van der Waals surface area contributed by atoms with Gasteiger partial charge in [-0.25, -0.2) is 14.4 Å². The Labute approximate surface area is 314 Å². The quantitative estimate of drug-likeness (QED) is 0.224. The first-order valence-electron chi connectivity index (χ1n) is 17.6. The van der Waals surface area contributed by atoms with Crippen molar-refractivity contribution in [3.8, 4) is 17.2 Å². The predicted octanol–water partition coefficient (Wildman–Crippen LogP) is 6.10. The second-order valence-electron chi connectivity index (χ2n) is 17.3. The van der Waals surface area contributed by atoms with Crippen molar-refractivity contribution in [2.24, 2.45) is 0 Å². The van der Waals surface area contributed by atoms with Gasteiger partial charge in [0.25, 0.3) is 17.7 Å². The van der Waals surface area contributed by atoms with E-state index < -0.39 is 51.0 Å². The number of aryl methyl sites for hydroxylation is 3. The van der Waals surface area contributed by atoms with Gasteiger partial charge in [0, 0.05) is 16.7 Å². The second kappa shape index (κ2) is 13.4. The average molecular weight is 742 g/mol. The lowest BCUT2D eigenvalue weighted by atomic mass is 9.82. The van der Waals surface area contributed by atoms with Gasteiger partial charge >= 0.3 is 17.1 Å². The maximum Gasteiger partial charge on any atom is 0.350 e. The van der Waals surface area contributed by atoms with E-state index in [1.165, 1.54) is 20.8 Å². The van der Waals surface area contributed by atoms with E-state index in [4.69, 9.17) is 0 Å². The number of carbonyl (C=O) groups is 3. The zero-order chi connectivity index (χ0) is 41.5. The number of aromatic nitrogens is 3. The summed E-state index contributed by atoms with van der Waals surface area (Å²) in [6.07, 6.45) is 0. The number of carbonyl (C=O) groups excluding carboxylic acids is 3. The monoisotopic (exact) mass is 741 g/mol. The molecule has 0 fully saturated rings. The minimum absolute atomic E-state index is 0.0296. The Bertz CT molecular complexity index is 2190. The van der Waals surface area contributed by atoms with Crippen LogP contribution in [0.25, 0.3) is 0 Å². The number of hydrogen-bond acceptors (Lipinski definition) is 9. The molecule has 0 radical (unpaired) electrons. The minimum atomic E-state index is -1.65. The molecule has 0 spiro atoms. The molecule has 3 aromatic carbocycles. The first-order valence-corrected chi connectivity index (χ1v) is 17.6. The van der Waals surface area contributed by atoms with Gasteiger partial charge in [-0.1, -0.05) is 80.5 Å². The fourth-order valence-electron chi connectivity index (χ4n) is 7.02. The lowest BCUT2D eigenvalue weighted by Crippen LogP contribution is -2.60. The van der Waals surface area contributed by atoms with Gasteiger partial charge in [-0.15, -0.1) is 0 Å².